The van der Waals surface area contributed by atoms with E-state index in [2.05, 4.69) is 54.3 Å². The highest BCUT2D eigenvalue weighted by atomic mass is 16.5. The summed E-state index contributed by atoms with van der Waals surface area (Å²) in [6, 6.07) is 18.7. The van der Waals surface area contributed by atoms with E-state index in [4.69, 9.17) is 10.2 Å². The third kappa shape index (κ3) is 1.92. The molecule has 0 heterocycles. The first-order chi connectivity index (χ1) is 10.2. The molecule has 0 aliphatic carbocycles. The molecule has 100 valence electrons. The van der Waals surface area contributed by atoms with E-state index in [9.17, 15) is 0 Å². The molecule has 2 heteroatoms. The van der Waals surface area contributed by atoms with Gasteiger partial charge in [-0.15, -0.1) is 0 Å². The molecule has 0 aliphatic heterocycles. The Morgan fingerprint density at radius 1 is 0.714 bits per heavy atom. The van der Waals surface area contributed by atoms with Gasteiger partial charge in [-0.1, -0.05) is 48.4 Å². The van der Waals surface area contributed by atoms with Gasteiger partial charge in [-0.25, -0.2) is 0 Å². The molecule has 0 saturated heterocycles. The Kier molecular flexibility index (Phi) is 2.58. The van der Waals surface area contributed by atoms with E-state index in [0.29, 0.717) is 0 Å². The van der Waals surface area contributed by atoms with Crippen molar-refractivity contribution >= 4 is 32.3 Å². The van der Waals surface area contributed by atoms with Crippen molar-refractivity contribution in [3.05, 3.63) is 60.2 Å². The lowest BCUT2D eigenvalue weighted by atomic mass is 9.93. The minimum absolute atomic E-state index is 0.786. The molecule has 0 amide bonds. The maximum Gasteiger partial charge on any atom is 0.217 e. The zero-order valence-electron chi connectivity index (χ0n) is 11.2. The van der Waals surface area contributed by atoms with Gasteiger partial charge in [-0.3, -0.25) is 0 Å². The molecule has 21 heavy (non-hydrogen) atoms. The Morgan fingerprint density at radius 3 is 1.81 bits per heavy atom. The SMILES string of the molecule is OC(O)C#Cc1cc2ccc3cccc4ccc(c1)c2c34. The lowest BCUT2D eigenvalue weighted by molar-refractivity contribution is 0.0108. The minimum atomic E-state index is -1.60. The molecular formula is C19H12O2. The fraction of sp³-hybridized carbons (Fsp3) is 0.0526. The molecule has 0 atom stereocenters. The van der Waals surface area contributed by atoms with Crippen LogP contribution in [0.25, 0.3) is 32.3 Å². The molecule has 0 radical (unpaired) electrons. The molecule has 2 N–H and O–H groups in total. The molecule has 4 aromatic rings. The number of aliphatic hydroxyl groups excluding tert-OH is 1. The maximum atomic E-state index is 8.87. The quantitative estimate of drug-likeness (QED) is 0.293. The summed E-state index contributed by atoms with van der Waals surface area (Å²) < 4.78 is 0. The van der Waals surface area contributed by atoms with Crippen molar-refractivity contribution in [1.82, 2.24) is 0 Å². The van der Waals surface area contributed by atoms with Crippen LogP contribution in [0.15, 0.2) is 54.6 Å². The van der Waals surface area contributed by atoms with Crippen molar-refractivity contribution in [2.24, 2.45) is 0 Å². The maximum absolute atomic E-state index is 8.87. The molecule has 0 fully saturated rings. The summed E-state index contributed by atoms with van der Waals surface area (Å²) in [5.74, 6) is 5.16. The molecule has 0 saturated carbocycles. The zero-order valence-corrected chi connectivity index (χ0v) is 11.2. The highest BCUT2D eigenvalue weighted by molar-refractivity contribution is 6.23. The van der Waals surface area contributed by atoms with Gasteiger partial charge in [-0.2, -0.15) is 0 Å². The van der Waals surface area contributed by atoms with Gasteiger partial charge in [0.2, 0.25) is 6.29 Å². The summed E-state index contributed by atoms with van der Waals surface area (Å²) >= 11 is 0. The van der Waals surface area contributed by atoms with E-state index in [1.54, 1.807) is 0 Å². The van der Waals surface area contributed by atoms with Gasteiger partial charge in [0.05, 0.1) is 0 Å². The molecule has 0 spiro atoms. The summed E-state index contributed by atoms with van der Waals surface area (Å²) in [5, 5.41) is 25.0. The van der Waals surface area contributed by atoms with Crippen LogP contribution >= 0.6 is 0 Å². The predicted molar refractivity (Wildman–Crippen MR) is 85.2 cm³/mol. The Hall–Kier alpha value is -2.60. The highest BCUT2D eigenvalue weighted by Gasteiger charge is 2.08. The fourth-order valence-corrected chi connectivity index (χ4v) is 2.97. The summed E-state index contributed by atoms with van der Waals surface area (Å²) in [6.45, 7) is 0. The van der Waals surface area contributed by atoms with E-state index in [1.807, 2.05) is 12.1 Å². The van der Waals surface area contributed by atoms with Crippen molar-refractivity contribution in [1.29, 1.82) is 0 Å². The van der Waals surface area contributed by atoms with Gasteiger partial charge in [0.25, 0.3) is 0 Å². The van der Waals surface area contributed by atoms with Crippen molar-refractivity contribution < 1.29 is 10.2 Å². The second kappa shape index (κ2) is 4.46. The fourth-order valence-electron chi connectivity index (χ4n) is 2.97. The van der Waals surface area contributed by atoms with E-state index >= 15 is 0 Å². The Morgan fingerprint density at radius 2 is 1.24 bits per heavy atom. The molecule has 2 nitrogen and oxygen atoms in total. The average molecular weight is 272 g/mol. The number of hydrogen-bond acceptors (Lipinski definition) is 2. The summed E-state index contributed by atoms with van der Waals surface area (Å²) in [7, 11) is 0. The average Bonchev–Trinajstić information content (AvgIpc) is 2.50. The first-order valence-electron chi connectivity index (χ1n) is 6.78. The van der Waals surface area contributed by atoms with Gasteiger partial charge in [0, 0.05) is 5.56 Å². The van der Waals surface area contributed by atoms with E-state index in [-0.39, 0.29) is 0 Å². The number of hydrogen-bond donors (Lipinski definition) is 2. The molecule has 0 aliphatic rings. The minimum Gasteiger partial charge on any atom is -0.358 e. The van der Waals surface area contributed by atoms with Gasteiger partial charge in [0.15, 0.2) is 0 Å². The van der Waals surface area contributed by atoms with Gasteiger partial charge >= 0.3 is 0 Å². The number of aliphatic hydroxyl groups is 2. The molecule has 4 rings (SSSR count). The van der Waals surface area contributed by atoms with Crippen LogP contribution < -0.4 is 0 Å². The Balaban J connectivity index is 2.11. The van der Waals surface area contributed by atoms with E-state index in [1.165, 1.54) is 21.5 Å². The standard InChI is InChI=1S/C19H12O2/c20-17(21)9-4-12-10-15-7-5-13-2-1-3-14-6-8-16(11-12)19(15)18(13)14/h1-3,5-8,10-11,17,20-21H. The van der Waals surface area contributed by atoms with Crippen LogP contribution in [0.2, 0.25) is 0 Å². The normalized spacial score (nSPS) is 11.4. The van der Waals surface area contributed by atoms with E-state index < -0.39 is 6.29 Å². The van der Waals surface area contributed by atoms with Crippen LogP contribution in [0, 0.1) is 11.8 Å². The Bertz CT molecular complexity index is 956. The second-order valence-corrected chi connectivity index (χ2v) is 5.15. The monoisotopic (exact) mass is 272 g/mol. The lowest BCUT2D eigenvalue weighted by Gasteiger charge is -2.10. The second-order valence-electron chi connectivity index (χ2n) is 5.15. The van der Waals surface area contributed by atoms with Crippen LogP contribution in [-0.2, 0) is 0 Å². The molecule has 0 bridgehead atoms. The van der Waals surface area contributed by atoms with Crippen molar-refractivity contribution in [3.63, 3.8) is 0 Å². The third-order valence-electron chi connectivity index (χ3n) is 3.81. The predicted octanol–water partition coefficient (Wildman–Crippen LogP) is 3.25. The first kappa shape index (κ1) is 12.2. The summed E-state index contributed by atoms with van der Waals surface area (Å²) in [6.07, 6.45) is -1.60. The molecule has 4 aromatic carbocycles. The third-order valence-corrected chi connectivity index (χ3v) is 3.81. The van der Waals surface area contributed by atoms with Crippen LogP contribution in [0.4, 0.5) is 0 Å². The van der Waals surface area contributed by atoms with E-state index in [0.717, 1.165) is 16.3 Å². The Labute approximate surface area is 121 Å². The van der Waals surface area contributed by atoms with Crippen LogP contribution in [0.3, 0.4) is 0 Å². The topological polar surface area (TPSA) is 40.5 Å². The largest absolute Gasteiger partial charge is 0.358 e. The van der Waals surface area contributed by atoms with Crippen molar-refractivity contribution in [3.8, 4) is 11.8 Å². The molecular weight excluding hydrogens is 260 g/mol. The lowest BCUT2D eigenvalue weighted by Crippen LogP contribution is -1.98. The molecule has 0 aromatic heterocycles. The highest BCUT2D eigenvalue weighted by Crippen LogP contribution is 2.34. The van der Waals surface area contributed by atoms with Gasteiger partial charge < -0.3 is 10.2 Å². The van der Waals surface area contributed by atoms with Gasteiger partial charge in [-0.05, 0) is 50.4 Å². The smallest absolute Gasteiger partial charge is 0.217 e. The van der Waals surface area contributed by atoms with Gasteiger partial charge in [0.1, 0.15) is 0 Å². The van der Waals surface area contributed by atoms with Crippen molar-refractivity contribution in [2.45, 2.75) is 6.29 Å². The zero-order chi connectivity index (χ0) is 14.4. The number of benzene rings is 4. The van der Waals surface area contributed by atoms with Crippen LogP contribution in [0.1, 0.15) is 5.56 Å². The van der Waals surface area contributed by atoms with Crippen LogP contribution in [-0.4, -0.2) is 16.5 Å². The summed E-state index contributed by atoms with van der Waals surface area (Å²) in [4.78, 5) is 0. The molecule has 0 unspecified atom stereocenters. The van der Waals surface area contributed by atoms with Crippen LogP contribution in [0.5, 0.6) is 0 Å². The number of rotatable bonds is 0. The van der Waals surface area contributed by atoms with Crippen molar-refractivity contribution in [2.75, 3.05) is 0 Å². The summed E-state index contributed by atoms with van der Waals surface area (Å²) in [5.41, 5.74) is 0.786. The first-order valence-corrected chi connectivity index (χ1v) is 6.78.